The Bertz CT molecular complexity index is 782. The number of aliphatic hydroxyl groups is 2. The smallest absolute Gasteiger partial charge is 0.306 e. The van der Waals surface area contributed by atoms with E-state index < -0.39 is 18.2 Å². The van der Waals surface area contributed by atoms with Crippen molar-refractivity contribution in [3.63, 3.8) is 0 Å². The molecular weight excluding hydrogens is 552 g/mol. The summed E-state index contributed by atoms with van der Waals surface area (Å²) < 4.78 is 10.5. The number of carbonyl (C=O) groups is 2. The number of carbonyl (C=O) groups excluding carboxylic acids is 2. The van der Waals surface area contributed by atoms with Gasteiger partial charge in [-0.15, -0.1) is 0 Å². The third-order valence-electron chi connectivity index (χ3n) is 7.38. The number of allylic oxidation sites excluding steroid dienone is 6. The van der Waals surface area contributed by atoms with Crippen molar-refractivity contribution in [1.29, 1.82) is 0 Å². The molecule has 0 rings (SSSR count). The zero-order chi connectivity index (χ0) is 32.5. The molecule has 0 aliphatic heterocycles. The van der Waals surface area contributed by atoms with Crippen molar-refractivity contribution < 1.29 is 29.3 Å². The quantitative estimate of drug-likeness (QED) is 0.0360. The van der Waals surface area contributed by atoms with E-state index in [4.69, 9.17) is 9.47 Å². The van der Waals surface area contributed by atoms with E-state index in [0.717, 1.165) is 44.4 Å². The molecule has 0 fully saturated rings. The van der Waals surface area contributed by atoms with Gasteiger partial charge in [0, 0.05) is 12.8 Å². The van der Waals surface area contributed by atoms with Crippen LogP contribution in [0.2, 0.25) is 0 Å². The summed E-state index contributed by atoms with van der Waals surface area (Å²) in [5.41, 5.74) is 0. The van der Waals surface area contributed by atoms with Gasteiger partial charge in [0.05, 0.1) is 12.7 Å². The summed E-state index contributed by atoms with van der Waals surface area (Å²) in [6, 6.07) is 0. The molecule has 2 N–H and O–H groups in total. The van der Waals surface area contributed by atoms with Crippen LogP contribution in [0.5, 0.6) is 0 Å². The summed E-state index contributed by atoms with van der Waals surface area (Å²) in [6.45, 7) is 6.28. The maximum atomic E-state index is 12.1. The average molecular weight is 619 g/mol. The number of ether oxygens (including phenoxy) is 2. The Balaban J connectivity index is 3.78. The van der Waals surface area contributed by atoms with Crippen LogP contribution in [-0.4, -0.2) is 47.6 Å². The fraction of sp³-hybridized carbons (Fsp3) is 0.737. The van der Waals surface area contributed by atoms with Crippen LogP contribution in [0.15, 0.2) is 48.6 Å². The van der Waals surface area contributed by atoms with Gasteiger partial charge in [-0.05, 0) is 50.9 Å². The highest BCUT2D eigenvalue weighted by Gasteiger charge is 2.15. The standard InChI is InChI=1S/C38H66O6/c1-4-5-6-7-12-18-23-28-35(40)29-24-19-14-11-16-21-26-31-38(42)44-36(32-39)33-43-37(41)30-25-20-15-10-8-9-13-17-22-27-34(2)3/h11-12,16,18-19,23-24,28,34-36,39-40H,4-10,13-15,17,20-22,25-27,29-33H2,1-3H3/b16-11+,18-12-,24-19-,28-23-/t35-,36-/m0/s1. The number of rotatable bonds is 30. The number of esters is 2. The van der Waals surface area contributed by atoms with Gasteiger partial charge in [-0.25, -0.2) is 0 Å². The zero-order valence-electron chi connectivity index (χ0n) is 28.4. The van der Waals surface area contributed by atoms with E-state index >= 15 is 0 Å². The molecule has 0 aromatic rings. The maximum absolute atomic E-state index is 12.1. The molecular formula is C38H66O6. The molecule has 254 valence electrons. The lowest BCUT2D eigenvalue weighted by molar-refractivity contribution is -0.161. The van der Waals surface area contributed by atoms with Crippen LogP contribution >= 0.6 is 0 Å². The molecule has 2 atom stereocenters. The van der Waals surface area contributed by atoms with Gasteiger partial charge in [0.25, 0.3) is 0 Å². The predicted octanol–water partition coefficient (Wildman–Crippen LogP) is 9.50. The van der Waals surface area contributed by atoms with Crippen molar-refractivity contribution in [2.45, 2.75) is 161 Å². The highest BCUT2D eigenvalue weighted by Crippen LogP contribution is 2.14. The monoisotopic (exact) mass is 618 g/mol. The lowest BCUT2D eigenvalue weighted by atomic mass is 10.0. The number of aliphatic hydroxyl groups excluding tert-OH is 2. The summed E-state index contributed by atoms with van der Waals surface area (Å²) in [4.78, 5) is 24.1. The average Bonchev–Trinajstić information content (AvgIpc) is 3.00. The first-order chi connectivity index (χ1) is 21.4. The molecule has 0 heterocycles. The van der Waals surface area contributed by atoms with Crippen LogP contribution in [-0.2, 0) is 19.1 Å². The lowest BCUT2D eigenvalue weighted by Gasteiger charge is -2.15. The number of unbranched alkanes of at least 4 members (excludes halogenated alkanes) is 12. The van der Waals surface area contributed by atoms with Crippen LogP contribution in [0, 0.1) is 5.92 Å². The summed E-state index contributed by atoms with van der Waals surface area (Å²) >= 11 is 0. The van der Waals surface area contributed by atoms with Crippen molar-refractivity contribution in [3.05, 3.63) is 48.6 Å². The molecule has 0 amide bonds. The minimum atomic E-state index is -0.820. The van der Waals surface area contributed by atoms with E-state index in [-0.39, 0.29) is 25.6 Å². The topological polar surface area (TPSA) is 93.1 Å². The fourth-order valence-electron chi connectivity index (χ4n) is 4.63. The molecule has 0 bridgehead atoms. The number of hydrogen-bond donors (Lipinski definition) is 2. The van der Waals surface area contributed by atoms with Crippen molar-refractivity contribution in [3.8, 4) is 0 Å². The minimum Gasteiger partial charge on any atom is -0.462 e. The molecule has 0 saturated heterocycles. The molecule has 0 aromatic carbocycles. The number of hydrogen-bond acceptors (Lipinski definition) is 6. The van der Waals surface area contributed by atoms with Gasteiger partial charge in [-0.1, -0.05) is 140 Å². The predicted molar refractivity (Wildman–Crippen MR) is 183 cm³/mol. The summed E-state index contributed by atoms with van der Waals surface area (Å²) in [6.07, 6.45) is 34.8. The molecule has 0 radical (unpaired) electrons. The van der Waals surface area contributed by atoms with E-state index in [0.29, 0.717) is 19.3 Å². The zero-order valence-corrected chi connectivity index (χ0v) is 28.4. The fourth-order valence-corrected chi connectivity index (χ4v) is 4.63. The van der Waals surface area contributed by atoms with Crippen LogP contribution in [0.4, 0.5) is 0 Å². The Labute approximate surface area is 270 Å². The Morgan fingerprint density at radius 3 is 2.02 bits per heavy atom. The second-order valence-electron chi connectivity index (χ2n) is 12.3. The van der Waals surface area contributed by atoms with Crippen LogP contribution < -0.4 is 0 Å². The van der Waals surface area contributed by atoms with Gasteiger partial charge in [0.2, 0.25) is 0 Å². The molecule has 0 saturated carbocycles. The molecule has 6 heteroatoms. The molecule has 6 nitrogen and oxygen atoms in total. The van der Waals surface area contributed by atoms with E-state index in [1.54, 1.807) is 6.08 Å². The van der Waals surface area contributed by atoms with Gasteiger partial charge >= 0.3 is 11.9 Å². The Kier molecular flexibility index (Phi) is 30.6. The van der Waals surface area contributed by atoms with Gasteiger partial charge in [-0.3, -0.25) is 9.59 Å². The maximum Gasteiger partial charge on any atom is 0.306 e. The SMILES string of the molecule is CCCCC/C=C\C=C/[C@H](O)C/C=C\C/C=C/CCCC(=O)O[C@@H](CO)COC(=O)CCCCCCCCCCCC(C)C. The Morgan fingerprint density at radius 2 is 1.34 bits per heavy atom. The van der Waals surface area contributed by atoms with Crippen molar-refractivity contribution in [2.75, 3.05) is 13.2 Å². The first kappa shape index (κ1) is 41.8. The lowest BCUT2D eigenvalue weighted by Crippen LogP contribution is -2.28. The highest BCUT2D eigenvalue weighted by atomic mass is 16.6. The van der Waals surface area contributed by atoms with Gasteiger partial charge in [0.15, 0.2) is 6.10 Å². The van der Waals surface area contributed by atoms with E-state index in [1.165, 1.54) is 64.2 Å². The summed E-state index contributed by atoms with van der Waals surface area (Å²) in [5, 5.41) is 19.5. The van der Waals surface area contributed by atoms with Crippen LogP contribution in [0.1, 0.15) is 149 Å². The van der Waals surface area contributed by atoms with Gasteiger partial charge in [0.1, 0.15) is 6.61 Å². The largest absolute Gasteiger partial charge is 0.462 e. The highest BCUT2D eigenvalue weighted by molar-refractivity contribution is 5.70. The first-order valence-corrected chi connectivity index (χ1v) is 17.7. The molecule has 44 heavy (non-hydrogen) atoms. The second kappa shape index (κ2) is 32.2. The van der Waals surface area contributed by atoms with E-state index in [2.05, 4.69) is 26.8 Å². The Hall–Kier alpha value is -2.18. The van der Waals surface area contributed by atoms with Crippen LogP contribution in [0.3, 0.4) is 0 Å². The molecule has 0 unspecified atom stereocenters. The van der Waals surface area contributed by atoms with Crippen molar-refractivity contribution in [1.82, 2.24) is 0 Å². The summed E-state index contributed by atoms with van der Waals surface area (Å²) in [5.74, 6) is 0.106. The summed E-state index contributed by atoms with van der Waals surface area (Å²) in [7, 11) is 0. The van der Waals surface area contributed by atoms with E-state index in [1.807, 2.05) is 36.5 Å². The normalized spacial score (nSPS) is 13.6. The van der Waals surface area contributed by atoms with Gasteiger partial charge in [-0.2, -0.15) is 0 Å². The first-order valence-electron chi connectivity index (χ1n) is 17.7. The minimum absolute atomic E-state index is 0.107. The Morgan fingerprint density at radius 1 is 0.705 bits per heavy atom. The molecule has 0 aromatic heterocycles. The molecule has 0 spiro atoms. The third-order valence-corrected chi connectivity index (χ3v) is 7.38. The van der Waals surface area contributed by atoms with Crippen molar-refractivity contribution in [2.24, 2.45) is 5.92 Å². The van der Waals surface area contributed by atoms with E-state index in [9.17, 15) is 19.8 Å². The van der Waals surface area contributed by atoms with Gasteiger partial charge < -0.3 is 19.7 Å². The molecule has 0 aliphatic carbocycles. The van der Waals surface area contributed by atoms with Crippen LogP contribution in [0.25, 0.3) is 0 Å². The van der Waals surface area contributed by atoms with Crippen molar-refractivity contribution >= 4 is 11.9 Å². The third kappa shape index (κ3) is 31.3. The molecule has 0 aliphatic rings. The second-order valence-corrected chi connectivity index (χ2v) is 12.3.